The Balaban J connectivity index is 1.91. The molecule has 1 saturated heterocycles. The van der Waals surface area contributed by atoms with Gasteiger partial charge in [0.2, 0.25) is 0 Å². The van der Waals surface area contributed by atoms with Crippen LogP contribution in [-0.4, -0.2) is 41.8 Å². The first-order valence-electron chi connectivity index (χ1n) is 5.15. The minimum absolute atomic E-state index is 0.278. The summed E-state index contributed by atoms with van der Waals surface area (Å²) in [6.45, 7) is 4.75. The van der Waals surface area contributed by atoms with Gasteiger partial charge in [0.15, 0.2) is 5.78 Å². The molecule has 0 amide bonds. The smallest absolute Gasteiger partial charge is 0.186 e. The third-order valence-corrected chi connectivity index (χ3v) is 4.47. The van der Waals surface area contributed by atoms with Gasteiger partial charge in [-0.2, -0.15) is 11.8 Å². The van der Waals surface area contributed by atoms with Crippen LogP contribution in [0.1, 0.15) is 14.5 Å². The molecule has 1 fully saturated rings. The highest BCUT2D eigenvalue weighted by atomic mass is 32.2. The Morgan fingerprint density at radius 3 is 2.73 bits per heavy atom. The number of rotatable bonds is 3. The molecule has 2 rings (SSSR count). The molecule has 0 aliphatic carbocycles. The van der Waals surface area contributed by atoms with E-state index >= 15 is 0 Å². The number of aryl methyl sites for hydroxylation is 1. The van der Waals surface area contributed by atoms with Crippen molar-refractivity contribution in [2.24, 2.45) is 0 Å². The maximum Gasteiger partial charge on any atom is 0.186 e. The molecular weight excluding hydrogens is 226 g/mol. The molecule has 0 N–H and O–H groups in total. The molecule has 0 bridgehead atoms. The normalized spacial score (nSPS) is 17.9. The lowest BCUT2D eigenvalue weighted by Gasteiger charge is -2.24. The molecule has 4 heteroatoms. The fraction of sp³-hybridized carbons (Fsp3) is 0.545. The summed E-state index contributed by atoms with van der Waals surface area (Å²) in [4.78, 5) is 16.3. The van der Waals surface area contributed by atoms with Crippen LogP contribution in [0.3, 0.4) is 0 Å². The first kappa shape index (κ1) is 11.2. The van der Waals surface area contributed by atoms with Crippen LogP contribution < -0.4 is 0 Å². The minimum Gasteiger partial charge on any atom is -0.294 e. The van der Waals surface area contributed by atoms with E-state index in [1.54, 1.807) is 11.3 Å². The molecular formula is C11H15NOS2. The number of thioether (sulfide) groups is 1. The molecule has 2 nitrogen and oxygen atoms in total. The highest BCUT2D eigenvalue weighted by Gasteiger charge is 2.16. The third-order valence-electron chi connectivity index (χ3n) is 2.49. The number of ketones is 1. The van der Waals surface area contributed by atoms with Gasteiger partial charge in [0.05, 0.1) is 11.4 Å². The van der Waals surface area contributed by atoms with Crippen LogP contribution in [0, 0.1) is 6.92 Å². The van der Waals surface area contributed by atoms with E-state index in [0.29, 0.717) is 6.54 Å². The lowest BCUT2D eigenvalue weighted by atomic mass is 10.3. The molecule has 0 atom stereocenters. The Morgan fingerprint density at radius 2 is 2.13 bits per heavy atom. The molecule has 1 aliphatic rings. The molecule has 1 aliphatic heterocycles. The second kappa shape index (κ2) is 5.14. The van der Waals surface area contributed by atoms with Crippen molar-refractivity contribution >= 4 is 28.9 Å². The van der Waals surface area contributed by atoms with Gasteiger partial charge in [-0.3, -0.25) is 9.69 Å². The van der Waals surface area contributed by atoms with Crippen molar-refractivity contribution in [2.75, 3.05) is 31.1 Å². The SMILES string of the molecule is Cc1ccc(C(=O)CN2CCSCC2)s1. The van der Waals surface area contributed by atoms with Crippen LogP contribution in [-0.2, 0) is 0 Å². The molecule has 0 spiro atoms. The zero-order chi connectivity index (χ0) is 10.7. The lowest BCUT2D eigenvalue weighted by Crippen LogP contribution is -2.36. The molecule has 1 aromatic heterocycles. The number of carbonyl (C=O) groups is 1. The number of hydrogen-bond donors (Lipinski definition) is 0. The van der Waals surface area contributed by atoms with E-state index in [2.05, 4.69) is 4.90 Å². The van der Waals surface area contributed by atoms with Gasteiger partial charge in [0, 0.05) is 29.5 Å². The van der Waals surface area contributed by atoms with Gasteiger partial charge in [0.25, 0.3) is 0 Å². The van der Waals surface area contributed by atoms with E-state index in [1.165, 1.54) is 4.88 Å². The second-order valence-electron chi connectivity index (χ2n) is 3.72. The Kier molecular flexibility index (Phi) is 3.83. The summed E-state index contributed by atoms with van der Waals surface area (Å²) >= 11 is 3.58. The van der Waals surface area contributed by atoms with Gasteiger partial charge in [-0.1, -0.05) is 0 Å². The van der Waals surface area contributed by atoms with Crippen LogP contribution in [0.25, 0.3) is 0 Å². The summed E-state index contributed by atoms with van der Waals surface area (Å²) in [5.74, 6) is 2.60. The van der Waals surface area contributed by atoms with Crippen molar-refractivity contribution in [3.63, 3.8) is 0 Å². The Bertz CT molecular complexity index is 342. The van der Waals surface area contributed by atoms with Gasteiger partial charge in [0.1, 0.15) is 0 Å². The van der Waals surface area contributed by atoms with E-state index in [4.69, 9.17) is 0 Å². The molecule has 0 saturated carbocycles. The number of nitrogens with zero attached hydrogens (tertiary/aromatic N) is 1. The van der Waals surface area contributed by atoms with Gasteiger partial charge in [-0.15, -0.1) is 11.3 Å². The van der Waals surface area contributed by atoms with Crippen LogP contribution in [0.5, 0.6) is 0 Å². The van der Waals surface area contributed by atoms with Crippen LogP contribution in [0.2, 0.25) is 0 Å². The van der Waals surface area contributed by atoms with Crippen molar-refractivity contribution in [2.45, 2.75) is 6.92 Å². The average Bonchev–Trinajstić information content (AvgIpc) is 2.66. The molecule has 82 valence electrons. The third kappa shape index (κ3) is 3.06. The van der Waals surface area contributed by atoms with Crippen molar-refractivity contribution in [3.8, 4) is 0 Å². The first-order valence-corrected chi connectivity index (χ1v) is 7.12. The molecule has 0 aromatic carbocycles. The maximum atomic E-state index is 11.9. The Labute approximate surface area is 98.7 Å². The number of carbonyl (C=O) groups excluding carboxylic acids is 1. The van der Waals surface area contributed by atoms with E-state index in [9.17, 15) is 4.79 Å². The fourth-order valence-electron chi connectivity index (χ4n) is 1.62. The molecule has 15 heavy (non-hydrogen) atoms. The number of thiophene rings is 1. The highest BCUT2D eigenvalue weighted by molar-refractivity contribution is 7.99. The molecule has 2 heterocycles. The van der Waals surface area contributed by atoms with Crippen LogP contribution in [0.15, 0.2) is 12.1 Å². The zero-order valence-electron chi connectivity index (χ0n) is 8.86. The predicted octanol–water partition coefficient (Wildman–Crippen LogP) is 2.29. The van der Waals surface area contributed by atoms with E-state index in [-0.39, 0.29) is 5.78 Å². The monoisotopic (exact) mass is 241 g/mol. The fourth-order valence-corrected chi connectivity index (χ4v) is 3.40. The Hall–Kier alpha value is -0.320. The first-order chi connectivity index (χ1) is 7.25. The van der Waals surface area contributed by atoms with Crippen molar-refractivity contribution in [3.05, 3.63) is 21.9 Å². The van der Waals surface area contributed by atoms with Crippen molar-refractivity contribution < 1.29 is 4.79 Å². The van der Waals surface area contributed by atoms with E-state index in [0.717, 1.165) is 29.5 Å². The van der Waals surface area contributed by atoms with E-state index in [1.807, 2.05) is 30.8 Å². The Morgan fingerprint density at radius 1 is 1.40 bits per heavy atom. The van der Waals surface area contributed by atoms with Gasteiger partial charge >= 0.3 is 0 Å². The summed E-state index contributed by atoms with van der Waals surface area (Å²) in [6, 6.07) is 3.96. The topological polar surface area (TPSA) is 20.3 Å². The van der Waals surface area contributed by atoms with Gasteiger partial charge in [-0.05, 0) is 19.1 Å². The van der Waals surface area contributed by atoms with E-state index < -0.39 is 0 Å². The summed E-state index contributed by atoms with van der Waals surface area (Å²) in [7, 11) is 0. The number of Topliss-reactive ketones (excluding diaryl/α,β-unsaturated/α-hetero) is 1. The number of hydrogen-bond acceptors (Lipinski definition) is 4. The highest BCUT2D eigenvalue weighted by Crippen LogP contribution is 2.17. The summed E-state index contributed by atoms with van der Waals surface area (Å²) in [6.07, 6.45) is 0. The van der Waals surface area contributed by atoms with Gasteiger partial charge in [-0.25, -0.2) is 0 Å². The molecule has 0 unspecified atom stereocenters. The van der Waals surface area contributed by atoms with Crippen molar-refractivity contribution in [1.82, 2.24) is 4.90 Å². The second-order valence-corrected chi connectivity index (χ2v) is 6.23. The zero-order valence-corrected chi connectivity index (χ0v) is 10.5. The largest absolute Gasteiger partial charge is 0.294 e. The summed E-state index contributed by atoms with van der Waals surface area (Å²) in [5.41, 5.74) is 0. The van der Waals surface area contributed by atoms with Gasteiger partial charge < -0.3 is 0 Å². The molecule has 1 aromatic rings. The average molecular weight is 241 g/mol. The lowest BCUT2D eigenvalue weighted by molar-refractivity contribution is 0.0941. The van der Waals surface area contributed by atoms with Crippen LogP contribution >= 0.6 is 23.1 Å². The minimum atomic E-state index is 0.278. The van der Waals surface area contributed by atoms with Crippen LogP contribution in [0.4, 0.5) is 0 Å². The maximum absolute atomic E-state index is 11.9. The predicted molar refractivity (Wildman–Crippen MR) is 67.2 cm³/mol. The van der Waals surface area contributed by atoms with Crippen molar-refractivity contribution in [1.29, 1.82) is 0 Å². The quantitative estimate of drug-likeness (QED) is 0.757. The summed E-state index contributed by atoms with van der Waals surface area (Å²) in [5, 5.41) is 0. The standard InChI is InChI=1S/C11H15NOS2/c1-9-2-3-11(15-9)10(13)8-12-4-6-14-7-5-12/h2-3H,4-8H2,1H3. The molecule has 0 radical (unpaired) electrons. The summed E-state index contributed by atoms with van der Waals surface area (Å²) < 4.78 is 0.